The molecule has 3 N–H and O–H groups in total. The Kier molecular flexibility index (Phi) is 7.16. The summed E-state index contributed by atoms with van der Waals surface area (Å²) in [5.41, 5.74) is 8.76. The number of anilines is 3. The first kappa shape index (κ1) is 31.9. The largest absolute Gasteiger partial charge is 0.389 e. The molecule has 2 fully saturated rings. The number of nitrogen functional groups attached to an aromatic ring is 1. The van der Waals surface area contributed by atoms with Gasteiger partial charge < -0.3 is 25.2 Å². The Balaban J connectivity index is 1.28. The Morgan fingerprint density at radius 2 is 1.96 bits per heavy atom. The zero-order chi connectivity index (χ0) is 34.7. The van der Waals surface area contributed by atoms with Crippen molar-refractivity contribution in [3.8, 4) is 17.6 Å². The van der Waals surface area contributed by atoms with E-state index in [1.165, 1.54) is 16.2 Å². The number of likely N-dealkylation sites (tertiary alicyclic amines) is 1. The first-order valence-corrected chi connectivity index (χ1v) is 19.0. The Bertz CT molecular complexity index is 2090. The average molecular weight is 697 g/mol. The number of aromatic nitrogens is 5. The van der Waals surface area contributed by atoms with Gasteiger partial charge in [-0.3, -0.25) is 9.69 Å². The van der Waals surface area contributed by atoms with Crippen LogP contribution in [0.4, 0.5) is 16.6 Å². The van der Waals surface area contributed by atoms with E-state index in [1.807, 2.05) is 23.4 Å². The number of hydrogen-bond donors (Lipinski definition) is 2. The van der Waals surface area contributed by atoms with Crippen LogP contribution < -0.4 is 15.5 Å². The maximum atomic E-state index is 14.3. The van der Waals surface area contributed by atoms with Gasteiger partial charge in [-0.2, -0.15) is 10.4 Å². The smallest absolute Gasteiger partial charge is 0.250 e. The zero-order valence-corrected chi connectivity index (χ0v) is 30.0. The number of piperidine rings is 1. The molecule has 4 aromatic rings. The van der Waals surface area contributed by atoms with E-state index in [1.54, 1.807) is 4.90 Å². The van der Waals surface area contributed by atoms with E-state index >= 15 is 0 Å². The van der Waals surface area contributed by atoms with Gasteiger partial charge in [0.15, 0.2) is 28.7 Å². The lowest BCUT2D eigenvalue weighted by atomic mass is 9.63. The number of nitriles is 1. The number of nitrogens with zero attached hydrogens (tertiary/aromatic N) is 9. The number of aliphatic hydroxyl groups is 1. The van der Waals surface area contributed by atoms with Gasteiger partial charge >= 0.3 is 0 Å². The highest BCUT2D eigenvalue weighted by atomic mass is 32.1. The van der Waals surface area contributed by atoms with Crippen molar-refractivity contribution in [2.45, 2.75) is 114 Å². The number of likely N-dealkylation sites (N-methyl/N-ethyl adjacent to an activating group) is 2. The molecule has 14 heteroatoms. The van der Waals surface area contributed by atoms with E-state index in [2.05, 4.69) is 24.9 Å². The molecule has 7 heterocycles. The lowest BCUT2D eigenvalue weighted by molar-refractivity contribution is -0.121. The second-order valence-electron chi connectivity index (χ2n) is 15.4. The van der Waals surface area contributed by atoms with Gasteiger partial charge in [0, 0.05) is 29.6 Å². The second-order valence-corrected chi connectivity index (χ2v) is 16.5. The summed E-state index contributed by atoms with van der Waals surface area (Å²) in [6.07, 6.45) is 8.44. The van der Waals surface area contributed by atoms with Gasteiger partial charge in [0.1, 0.15) is 28.3 Å². The summed E-state index contributed by atoms with van der Waals surface area (Å²) in [6.45, 7) is 7.74. The maximum Gasteiger partial charge on any atom is 0.250 e. The van der Waals surface area contributed by atoms with E-state index < -0.39 is 17.1 Å². The van der Waals surface area contributed by atoms with E-state index in [4.69, 9.17) is 30.5 Å². The van der Waals surface area contributed by atoms with Gasteiger partial charge in [-0.1, -0.05) is 5.16 Å². The highest BCUT2D eigenvalue weighted by Gasteiger charge is 2.50. The molecule has 2 saturated heterocycles. The summed E-state index contributed by atoms with van der Waals surface area (Å²) >= 11 is 1.53. The van der Waals surface area contributed by atoms with Crippen LogP contribution in [0.5, 0.6) is 0 Å². The van der Waals surface area contributed by atoms with E-state index in [0.717, 1.165) is 80.2 Å². The normalized spacial score (nSPS) is 28.4. The number of aryl methyl sites for hydroxylation is 1. The molecule has 5 atom stereocenters. The Labute approximate surface area is 295 Å². The molecular formula is C36H44N10O3S. The Hall–Kier alpha value is -4.06. The van der Waals surface area contributed by atoms with Crippen LogP contribution in [0, 0.1) is 11.3 Å². The van der Waals surface area contributed by atoms with Crippen molar-refractivity contribution in [3.05, 3.63) is 27.3 Å². The van der Waals surface area contributed by atoms with Crippen molar-refractivity contribution in [1.82, 2.24) is 29.8 Å². The number of carbonyl (C=O) groups excluding carboxylic acids is 1. The van der Waals surface area contributed by atoms with Gasteiger partial charge in [-0.05, 0) is 104 Å². The molecule has 1 spiro atoms. The minimum Gasteiger partial charge on any atom is -0.389 e. The minimum atomic E-state index is -0.995. The predicted octanol–water partition coefficient (Wildman–Crippen LogP) is 4.70. The zero-order valence-electron chi connectivity index (χ0n) is 29.2. The summed E-state index contributed by atoms with van der Waals surface area (Å²) in [7, 11) is 2.16. The standard InChI is InChI=1S/C36H44N10O3S/c1-5-44-33-25-31(45-18-35(3,48)15-12-23(45)34(44)47)39-30(40-32(25)46(41-33)19(2)22-10-8-16-43(22)4)27-20-9-6-13-36(28(20)49-42-27)14-7-11-24-26(36)21(17-37)29(38)50-24/h19,22-23,48H,5-16,18,38H2,1-4H3/t19-,22-,23+,35+,36-/m0/s1. The van der Waals surface area contributed by atoms with Crippen LogP contribution in [0.15, 0.2) is 4.52 Å². The molecule has 0 unspecified atom stereocenters. The number of fused-ring (bicyclic) bond motifs is 6. The van der Waals surface area contributed by atoms with Crippen LogP contribution in [-0.4, -0.2) is 85.2 Å². The topological polar surface area (TPSA) is 166 Å². The molecule has 50 heavy (non-hydrogen) atoms. The highest BCUT2D eigenvalue weighted by Crippen LogP contribution is 2.55. The van der Waals surface area contributed by atoms with Crippen molar-refractivity contribution in [1.29, 1.82) is 5.26 Å². The van der Waals surface area contributed by atoms with Crippen LogP contribution in [0.3, 0.4) is 0 Å². The highest BCUT2D eigenvalue weighted by molar-refractivity contribution is 7.16. The molecule has 4 aromatic heterocycles. The van der Waals surface area contributed by atoms with Crippen molar-refractivity contribution in [3.63, 3.8) is 0 Å². The summed E-state index contributed by atoms with van der Waals surface area (Å²) in [6, 6.07) is 2.17. The molecule has 9 rings (SSSR count). The van der Waals surface area contributed by atoms with Crippen LogP contribution in [0.2, 0.25) is 0 Å². The maximum absolute atomic E-state index is 14.3. The van der Waals surface area contributed by atoms with Crippen LogP contribution >= 0.6 is 11.3 Å². The first-order valence-electron chi connectivity index (χ1n) is 18.2. The van der Waals surface area contributed by atoms with Crippen LogP contribution in [0.25, 0.3) is 22.6 Å². The van der Waals surface area contributed by atoms with Crippen molar-refractivity contribution in [2.75, 3.05) is 42.2 Å². The fourth-order valence-corrected chi connectivity index (χ4v) is 11.1. The number of thiophene rings is 1. The third-order valence-corrected chi connectivity index (χ3v) is 13.4. The van der Waals surface area contributed by atoms with Crippen LogP contribution in [0.1, 0.15) is 106 Å². The van der Waals surface area contributed by atoms with Crippen molar-refractivity contribution in [2.24, 2.45) is 0 Å². The number of rotatable bonds is 4. The third kappa shape index (κ3) is 4.38. The summed E-state index contributed by atoms with van der Waals surface area (Å²) < 4.78 is 8.37. The molecule has 0 radical (unpaired) electrons. The first-order chi connectivity index (χ1) is 24.1. The van der Waals surface area contributed by atoms with Crippen LogP contribution in [-0.2, 0) is 23.1 Å². The van der Waals surface area contributed by atoms with E-state index in [9.17, 15) is 15.2 Å². The minimum absolute atomic E-state index is 0.0218. The lowest BCUT2D eigenvalue weighted by Gasteiger charge is -2.42. The monoisotopic (exact) mass is 696 g/mol. The molecule has 2 aliphatic carbocycles. The van der Waals surface area contributed by atoms with E-state index in [0.29, 0.717) is 58.8 Å². The second kappa shape index (κ2) is 11.2. The van der Waals surface area contributed by atoms with Crippen molar-refractivity contribution >= 4 is 44.9 Å². The Morgan fingerprint density at radius 1 is 1.16 bits per heavy atom. The van der Waals surface area contributed by atoms with Gasteiger partial charge in [-0.25, -0.2) is 14.6 Å². The molecule has 5 aliphatic rings. The SMILES string of the molecule is CCN1C(=O)[C@H]2CC[C@@](C)(O)CN2c2nc(-c3noc4c3CCC[C@@]43CCCc4sc(N)c(C#N)c43)nc3c2c1nn3[C@@H](C)[C@@H]1CCCN1C. The number of carbonyl (C=O) groups is 1. The van der Waals surface area contributed by atoms with Gasteiger partial charge in [-0.15, -0.1) is 11.3 Å². The van der Waals surface area contributed by atoms with Gasteiger partial charge in [0.2, 0.25) is 0 Å². The lowest BCUT2D eigenvalue weighted by Crippen LogP contribution is -2.57. The molecule has 0 saturated carbocycles. The Morgan fingerprint density at radius 3 is 2.70 bits per heavy atom. The fourth-order valence-electron chi connectivity index (χ4n) is 9.94. The molecule has 13 nitrogen and oxygen atoms in total. The summed E-state index contributed by atoms with van der Waals surface area (Å²) in [5.74, 6) is 2.37. The molecule has 0 aromatic carbocycles. The van der Waals surface area contributed by atoms with Gasteiger partial charge in [0.25, 0.3) is 5.91 Å². The number of hydrogen-bond acceptors (Lipinski definition) is 12. The summed E-state index contributed by atoms with van der Waals surface area (Å²) in [5, 5.41) is 32.8. The third-order valence-electron chi connectivity index (χ3n) is 12.3. The molecule has 1 amide bonds. The quantitative estimate of drug-likeness (QED) is 0.304. The number of amides is 1. The van der Waals surface area contributed by atoms with E-state index in [-0.39, 0.29) is 24.5 Å². The predicted molar refractivity (Wildman–Crippen MR) is 190 cm³/mol. The fraction of sp³-hybridized carbons (Fsp3) is 0.611. The average Bonchev–Trinajstić information content (AvgIpc) is 3.87. The molecule has 0 bridgehead atoms. The summed E-state index contributed by atoms with van der Waals surface area (Å²) in [4.78, 5) is 32.2. The molecule has 3 aliphatic heterocycles. The van der Waals surface area contributed by atoms with Gasteiger partial charge in [0.05, 0.1) is 22.6 Å². The number of nitrogens with two attached hydrogens (primary N) is 1. The molecular weight excluding hydrogens is 653 g/mol. The molecule has 262 valence electrons. The van der Waals surface area contributed by atoms with Crippen molar-refractivity contribution < 1.29 is 14.4 Å².